The standard InChI is InChI=1S/C14H16N2O4/c1-8(2)16-13(17)7-19-14(18)12-6-9-5-10(15)3-4-11(9)20-12/h3-6,8H,7,15H2,1-2H3,(H,16,17). The fourth-order valence-corrected chi connectivity index (χ4v) is 1.73. The molecule has 20 heavy (non-hydrogen) atoms. The van der Waals surface area contributed by atoms with Crippen molar-refractivity contribution in [2.45, 2.75) is 19.9 Å². The van der Waals surface area contributed by atoms with Gasteiger partial charge in [0.2, 0.25) is 5.76 Å². The minimum absolute atomic E-state index is 0.00428. The van der Waals surface area contributed by atoms with Crippen molar-refractivity contribution >= 4 is 28.5 Å². The molecule has 106 valence electrons. The lowest BCUT2D eigenvalue weighted by Crippen LogP contribution is -2.33. The molecule has 1 aromatic carbocycles. The number of nitrogens with two attached hydrogens (primary N) is 1. The first-order valence-electron chi connectivity index (χ1n) is 6.21. The van der Waals surface area contributed by atoms with Crippen LogP contribution in [0.5, 0.6) is 0 Å². The van der Waals surface area contributed by atoms with Gasteiger partial charge in [0.1, 0.15) is 5.58 Å². The van der Waals surface area contributed by atoms with Crippen LogP contribution in [0.25, 0.3) is 11.0 Å². The lowest BCUT2D eigenvalue weighted by Gasteiger charge is -2.07. The summed E-state index contributed by atoms with van der Waals surface area (Å²) in [6, 6.07) is 6.58. The zero-order valence-electron chi connectivity index (χ0n) is 11.3. The molecule has 0 aliphatic heterocycles. The number of esters is 1. The maximum Gasteiger partial charge on any atom is 0.374 e. The Kier molecular flexibility index (Phi) is 3.93. The maximum absolute atomic E-state index is 11.8. The Morgan fingerprint density at radius 3 is 2.80 bits per heavy atom. The van der Waals surface area contributed by atoms with E-state index in [0.717, 1.165) is 0 Å². The van der Waals surface area contributed by atoms with Crippen molar-refractivity contribution in [2.75, 3.05) is 12.3 Å². The Bertz CT molecular complexity index is 646. The first-order valence-corrected chi connectivity index (χ1v) is 6.21. The molecule has 0 radical (unpaired) electrons. The van der Waals surface area contributed by atoms with E-state index in [9.17, 15) is 9.59 Å². The highest BCUT2D eigenvalue weighted by Gasteiger charge is 2.15. The van der Waals surface area contributed by atoms with Crippen LogP contribution in [0.4, 0.5) is 5.69 Å². The van der Waals surface area contributed by atoms with E-state index in [1.807, 2.05) is 13.8 Å². The van der Waals surface area contributed by atoms with Gasteiger partial charge in [0, 0.05) is 17.1 Å². The lowest BCUT2D eigenvalue weighted by molar-refractivity contribution is -0.124. The highest BCUT2D eigenvalue weighted by molar-refractivity contribution is 5.94. The van der Waals surface area contributed by atoms with Crippen LogP contribution < -0.4 is 11.1 Å². The average molecular weight is 276 g/mol. The summed E-state index contributed by atoms with van der Waals surface area (Å²) in [6.45, 7) is 3.31. The molecular weight excluding hydrogens is 260 g/mol. The summed E-state index contributed by atoms with van der Waals surface area (Å²) in [4.78, 5) is 23.1. The highest BCUT2D eigenvalue weighted by atomic mass is 16.5. The number of rotatable bonds is 4. The molecule has 0 spiro atoms. The number of carbonyl (C=O) groups is 2. The number of hydrogen-bond donors (Lipinski definition) is 2. The van der Waals surface area contributed by atoms with Gasteiger partial charge in [-0.3, -0.25) is 4.79 Å². The predicted molar refractivity (Wildman–Crippen MR) is 74.2 cm³/mol. The fraction of sp³-hybridized carbons (Fsp3) is 0.286. The molecule has 1 heterocycles. The fourth-order valence-electron chi connectivity index (χ4n) is 1.73. The smallest absolute Gasteiger partial charge is 0.374 e. The molecule has 0 aliphatic rings. The second kappa shape index (κ2) is 5.64. The third kappa shape index (κ3) is 3.28. The number of fused-ring (bicyclic) bond motifs is 1. The Balaban J connectivity index is 2.02. The number of ether oxygens (including phenoxy) is 1. The van der Waals surface area contributed by atoms with Gasteiger partial charge in [0.15, 0.2) is 6.61 Å². The predicted octanol–water partition coefficient (Wildman–Crippen LogP) is 1.70. The zero-order valence-corrected chi connectivity index (χ0v) is 11.3. The van der Waals surface area contributed by atoms with Crippen LogP contribution in [0.15, 0.2) is 28.7 Å². The molecule has 6 nitrogen and oxygen atoms in total. The van der Waals surface area contributed by atoms with Gasteiger partial charge >= 0.3 is 5.97 Å². The molecule has 1 aromatic heterocycles. The molecule has 0 atom stereocenters. The molecule has 3 N–H and O–H groups in total. The normalized spacial score (nSPS) is 10.8. The van der Waals surface area contributed by atoms with Gasteiger partial charge in [-0.25, -0.2) is 4.79 Å². The molecule has 0 fully saturated rings. The third-order valence-corrected chi connectivity index (χ3v) is 2.53. The minimum atomic E-state index is -0.682. The number of furan rings is 1. The molecule has 1 amide bonds. The molecule has 0 unspecified atom stereocenters. The largest absolute Gasteiger partial charge is 0.450 e. The Labute approximate surface area is 115 Å². The van der Waals surface area contributed by atoms with Crippen LogP contribution in [0.3, 0.4) is 0 Å². The summed E-state index contributed by atoms with van der Waals surface area (Å²) >= 11 is 0. The van der Waals surface area contributed by atoms with E-state index in [0.29, 0.717) is 16.7 Å². The zero-order chi connectivity index (χ0) is 14.7. The number of benzene rings is 1. The molecule has 0 aliphatic carbocycles. The van der Waals surface area contributed by atoms with Crippen LogP contribution in [0, 0.1) is 0 Å². The van der Waals surface area contributed by atoms with Crippen LogP contribution in [0.2, 0.25) is 0 Å². The number of amides is 1. The molecule has 0 saturated heterocycles. The molecule has 0 bridgehead atoms. The van der Waals surface area contributed by atoms with E-state index < -0.39 is 5.97 Å². The lowest BCUT2D eigenvalue weighted by atomic mass is 10.2. The van der Waals surface area contributed by atoms with Crippen LogP contribution in [0.1, 0.15) is 24.4 Å². The van der Waals surface area contributed by atoms with E-state index in [2.05, 4.69) is 5.32 Å². The average Bonchev–Trinajstić information content (AvgIpc) is 2.78. The van der Waals surface area contributed by atoms with Gasteiger partial charge in [-0.1, -0.05) is 0 Å². The van der Waals surface area contributed by atoms with Crippen molar-refractivity contribution in [3.05, 3.63) is 30.0 Å². The number of nitrogen functional groups attached to an aromatic ring is 1. The van der Waals surface area contributed by atoms with E-state index >= 15 is 0 Å². The Hall–Kier alpha value is -2.50. The molecule has 0 saturated carbocycles. The van der Waals surface area contributed by atoms with Crippen molar-refractivity contribution in [3.63, 3.8) is 0 Å². The van der Waals surface area contributed by atoms with Crippen molar-refractivity contribution in [1.82, 2.24) is 5.32 Å². The van der Waals surface area contributed by atoms with Crippen LogP contribution in [-0.2, 0) is 9.53 Å². The van der Waals surface area contributed by atoms with E-state index in [-0.39, 0.29) is 24.3 Å². The first-order chi connectivity index (χ1) is 9.45. The summed E-state index contributed by atoms with van der Waals surface area (Å²) in [5.41, 5.74) is 6.76. The summed E-state index contributed by atoms with van der Waals surface area (Å²) < 4.78 is 10.2. The Morgan fingerprint density at radius 1 is 1.35 bits per heavy atom. The van der Waals surface area contributed by atoms with Crippen molar-refractivity contribution in [1.29, 1.82) is 0 Å². The van der Waals surface area contributed by atoms with Gasteiger partial charge in [0.25, 0.3) is 5.91 Å². The monoisotopic (exact) mass is 276 g/mol. The second-order valence-electron chi connectivity index (χ2n) is 4.71. The third-order valence-electron chi connectivity index (χ3n) is 2.53. The summed E-state index contributed by atoms with van der Waals surface area (Å²) in [7, 11) is 0. The van der Waals surface area contributed by atoms with Crippen molar-refractivity contribution in [3.8, 4) is 0 Å². The van der Waals surface area contributed by atoms with Crippen molar-refractivity contribution < 1.29 is 18.7 Å². The van der Waals surface area contributed by atoms with E-state index in [1.165, 1.54) is 6.07 Å². The summed E-state index contributed by atoms with van der Waals surface area (Å²) in [5, 5.41) is 3.33. The van der Waals surface area contributed by atoms with Crippen molar-refractivity contribution in [2.24, 2.45) is 0 Å². The number of carbonyl (C=O) groups excluding carboxylic acids is 2. The summed E-state index contributed by atoms with van der Waals surface area (Å²) in [6.07, 6.45) is 0. The Morgan fingerprint density at radius 2 is 2.10 bits per heavy atom. The number of nitrogens with one attached hydrogen (secondary N) is 1. The van der Waals surface area contributed by atoms with Gasteiger partial charge in [-0.2, -0.15) is 0 Å². The SMILES string of the molecule is CC(C)NC(=O)COC(=O)c1cc2cc(N)ccc2o1. The van der Waals surface area contributed by atoms with Crippen LogP contribution in [-0.4, -0.2) is 24.5 Å². The summed E-state index contributed by atoms with van der Waals surface area (Å²) in [5.74, 6) is -0.990. The van der Waals surface area contributed by atoms with Gasteiger partial charge in [-0.05, 0) is 38.1 Å². The van der Waals surface area contributed by atoms with Gasteiger partial charge < -0.3 is 20.2 Å². The second-order valence-corrected chi connectivity index (χ2v) is 4.71. The molecule has 2 aromatic rings. The quantitative estimate of drug-likeness (QED) is 0.654. The maximum atomic E-state index is 11.8. The first kappa shape index (κ1) is 13.9. The molecular formula is C14H16N2O4. The van der Waals surface area contributed by atoms with E-state index in [4.69, 9.17) is 14.9 Å². The van der Waals surface area contributed by atoms with Gasteiger partial charge in [-0.15, -0.1) is 0 Å². The number of anilines is 1. The topological polar surface area (TPSA) is 94.6 Å². The molecule has 6 heteroatoms. The van der Waals surface area contributed by atoms with Gasteiger partial charge in [0.05, 0.1) is 0 Å². The molecule has 2 rings (SSSR count). The highest BCUT2D eigenvalue weighted by Crippen LogP contribution is 2.22. The number of hydrogen-bond acceptors (Lipinski definition) is 5. The van der Waals surface area contributed by atoms with E-state index in [1.54, 1.807) is 18.2 Å². The van der Waals surface area contributed by atoms with Crippen LogP contribution >= 0.6 is 0 Å². The minimum Gasteiger partial charge on any atom is -0.450 e.